The fourth-order valence-corrected chi connectivity index (χ4v) is 3.32. The molecule has 4 N–H and O–H groups in total. The van der Waals surface area contributed by atoms with Crippen molar-refractivity contribution in [1.29, 1.82) is 0 Å². The van der Waals surface area contributed by atoms with E-state index in [1.165, 1.54) is 0 Å². The second-order valence-electron chi connectivity index (χ2n) is 7.89. The van der Waals surface area contributed by atoms with Crippen molar-refractivity contribution < 1.29 is 29.4 Å². The lowest BCUT2D eigenvalue weighted by Gasteiger charge is -2.08. The molecule has 3 rings (SSSR count). The first-order valence-electron chi connectivity index (χ1n) is 11.0. The molecule has 0 fully saturated rings. The van der Waals surface area contributed by atoms with Gasteiger partial charge in [-0.05, 0) is 59.4 Å². The summed E-state index contributed by atoms with van der Waals surface area (Å²) in [6.07, 6.45) is 4.94. The van der Waals surface area contributed by atoms with Gasteiger partial charge in [-0.25, -0.2) is 9.59 Å². The molecule has 182 valence electrons. The first-order valence-corrected chi connectivity index (χ1v) is 11.0. The largest absolute Gasteiger partial charge is 0.478 e. The molecule has 0 aliphatic heterocycles. The third-order valence-corrected chi connectivity index (χ3v) is 5.04. The number of benzene rings is 3. The summed E-state index contributed by atoms with van der Waals surface area (Å²) in [6.45, 7) is 0. The van der Waals surface area contributed by atoms with Crippen molar-refractivity contribution >= 4 is 35.1 Å². The third kappa shape index (κ3) is 8.75. The molecule has 0 bridgehead atoms. The Balaban J connectivity index is 1.51. The number of nitrogens with one attached hydrogen (secondary N) is 2. The predicted molar refractivity (Wildman–Crippen MR) is 136 cm³/mol. The number of hydrogen-bond donors (Lipinski definition) is 4. The summed E-state index contributed by atoms with van der Waals surface area (Å²) in [4.78, 5) is 44.3. The zero-order valence-electron chi connectivity index (χ0n) is 19.2. The number of hydrogen-bond acceptors (Lipinski definition) is 4. The Morgan fingerprint density at radius 3 is 1.06 bits per heavy atom. The zero-order valence-corrected chi connectivity index (χ0v) is 19.2. The van der Waals surface area contributed by atoms with Crippen molar-refractivity contribution in [2.24, 2.45) is 0 Å². The number of amides is 2. The van der Waals surface area contributed by atoms with E-state index in [-0.39, 0.29) is 0 Å². The molecule has 0 aliphatic carbocycles. The summed E-state index contributed by atoms with van der Waals surface area (Å²) in [5, 5.41) is 22.3. The molecule has 0 aromatic heterocycles. The van der Waals surface area contributed by atoms with Crippen LogP contribution in [0.3, 0.4) is 0 Å². The fraction of sp³-hybridized carbons (Fsp3) is 0.0714. The molecule has 0 spiro atoms. The monoisotopic (exact) mass is 484 g/mol. The quantitative estimate of drug-likeness (QED) is 0.321. The van der Waals surface area contributed by atoms with Crippen LogP contribution in [-0.4, -0.2) is 34.0 Å². The second-order valence-corrected chi connectivity index (χ2v) is 7.89. The van der Waals surface area contributed by atoms with Crippen LogP contribution in [0.4, 0.5) is 11.4 Å². The number of carbonyl (C=O) groups is 4. The van der Waals surface area contributed by atoms with E-state index in [4.69, 9.17) is 10.2 Å². The number of aliphatic carboxylic acids is 2. The maximum absolute atomic E-state index is 11.7. The van der Waals surface area contributed by atoms with Crippen molar-refractivity contribution in [2.75, 3.05) is 10.6 Å². The molecule has 2 amide bonds. The average molecular weight is 485 g/mol. The summed E-state index contributed by atoms with van der Waals surface area (Å²) in [7, 11) is 0. The van der Waals surface area contributed by atoms with E-state index in [1.807, 2.05) is 24.3 Å². The Labute approximate surface area is 207 Å². The van der Waals surface area contributed by atoms with Gasteiger partial charge in [-0.1, -0.05) is 48.5 Å². The first-order chi connectivity index (χ1) is 17.3. The van der Waals surface area contributed by atoms with Gasteiger partial charge in [0, 0.05) is 35.7 Å². The fourth-order valence-electron chi connectivity index (χ4n) is 3.32. The van der Waals surface area contributed by atoms with Crippen molar-refractivity contribution in [2.45, 2.75) is 12.8 Å². The van der Waals surface area contributed by atoms with Crippen LogP contribution >= 0.6 is 0 Å². The van der Waals surface area contributed by atoms with E-state index < -0.39 is 23.8 Å². The molecule has 36 heavy (non-hydrogen) atoms. The maximum Gasteiger partial charge on any atom is 0.328 e. The zero-order chi connectivity index (χ0) is 25.9. The molecular weight excluding hydrogens is 460 g/mol. The van der Waals surface area contributed by atoms with Crippen LogP contribution in [0.25, 0.3) is 0 Å². The van der Waals surface area contributed by atoms with E-state index in [0.717, 1.165) is 59.4 Å². The Kier molecular flexibility index (Phi) is 8.88. The minimum atomic E-state index is -1.18. The molecule has 0 unspecified atom stereocenters. The molecule has 8 heteroatoms. The van der Waals surface area contributed by atoms with E-state index in [0.29, 0.717) is 11.4 Å². The molecule has 3 aromatic carbocycles. The second kappa shape index (κ2) is 12.5. The van der Waals surface area contributed by atoms with Crippen molar-refractivity contribution in [3.05, 3.63) is 119 Å². The maximum atomic E-state index is 11.7. The number of anilines is 2. The first kappa shape index (κ1) is 25.6. The summed E-state index contributed by atoms with van der Waals surface area (Å²) >= 11 is 0. The number of carboxylic acid groups (broad SMARTS) is 2. The van der Waals surface area contributed by atoms with Gasteiger partial charge < -0.3 is 20.8 Å². The van der Waals surface area contributed by atoms with Crippen molar-refractivity contribution in [3.63, 3.8) is 0 Å². The summed E-state index contributed by atoms with van der Waals surface area (Å²) in [5.41, 5.74) is 5.56. The highest BCUT2D eigenvalue weighted by molar-refractivity contribution is 6.02. The van der Waals surface area contributed by atoms with Crippen LogP contribution in [-0.2, 0) is 32.0 Å². The molecule has 0 saturated carbocycles. The van der Waals surface area contributed by atoms with Gasteiger partial charge in [0.25, 0.3) is 0 Å². The third-order valence-electron chi connectivity index (χ3n) is 5.04. The molecule has 0 aliphatic rings. The highest BCUT2D eigenvalue weighted by Gasteiger charge is 2.03. The SMILES string of the molecule is O=C(O)C=CC(=O)Nc1ccc(Cc2ccc(Cc3ccc(NC(=O)C=CC(=O)O)cc3)cc2)cc1. The van der Waals surface area contributed by atoms with Crippen LogP contribution in [0.2, 0.25) is 0 Å². The van der Waals surface area contributed by atoms with Gasteiger partial charge in [-0.2, -0.15) is 0 Å². The van der Waals surface area contributed by atoms with E-state index in [2.05, 4.69) is 34.9 Å². The molecule has 0 atom stereocenters. The number of carboxylic acids is 2. The lowest BCUT2D eigenvalue weighted by molar-refractivity contribution is -0.132. The standard InChI is InChI=1S/C28H24N2O6/c31-25(13-15-27(33)34)29-23-9-5-21(6-10-23)17-19-1-2-20(4-3-19)18-22-7-11-24(12-8-22)30-26(32)14-16-28(35)36/h1-16H,17-18H2,(H,29,31)(H,30,32)(H,33,34)(H,35,36). The summed E-state index contributed by atoms with van der Waals surface area (Å²) < 4.78 is 0. The van der Waals surface area contributed by atoms with Crippen LogP contribution in [0.1, 0.15) is 22.3 Å². The molecule has 0 heterocycles. The highest BCUT2D eigenvalue weighted by atomic mass is 16.4. The highest BCUT2D eigenvalue weighted by Crippen LogP contribution is 2.17. The minimum absolute atomic E-state index is 0.506. The Morgan fingerprint density at radius 2 is 0.778 bits per heavy atom. The lowest BCUT2D eigenvalue weighted by Crippen LogP contribution is -2.08. The topological polar surface area (TPSA) is 133 Å². The van der Waals surface area contributed by atoms with Crippen LogP contribution in [0.15, 0.2) is 97.1 Å². The van der Waals surface area contributed by atoms with Gasteiger partial charge in [0.05, 0.1) is 0 Å². The smallest absolute Gasteiger partial charge is 0.328 e. The van der Waals surface area contributed by atoms with Crippen LogP contribution in [0, 0.1) is 0 Å². The Bertz CT molecular complexity index is 1190. The van der Waals surface area contributed by atoms with Crippen LogP contribution in [0.5, 0.6) is 0 Å². The Hall–Kier alpha value is -4.98. The van der Waals surface area contributed by atoms with Gasteiger partial charge in [-0.15, -0.1) is 0 Å². The van der Waals surface area contributed by atoms with E-state index in [9.17, 15) is 19.2 Å². The van der Waals surface area contributed by atoms with Crippen LogP contribution < -0.4 is 10.6 Å². The van der Waals surface area contributed by atoms with Crippen molar-refractivity contribution in [3.8, 4) is 0 Å². The molecule has 0 radical (unpaired) electrons. The van der Waals surface area contributed by atoms with Gasteiger partial charge in [0.15, 0.2) is 0 Å². The number of rotatable bonds is 10. The van der Waals surface area contributed by atoms with Gasteiger partial charge in [0.2, 0.25) is 11.8 Å². The summed E-state index contributed by atoms with van der Waals surface area (Å²) in [6, 6.07) is 22.9. The minimum Gasteiger partial charge on any atom is -0.478 e. The normalized spacial score (nSPS) is 10.9. The van der Waals surface area contributed by atoms with Crippen molar-refractivity contribution in [1.82, 2.24) is 0 Å². The lowest BCUT2D eigenvalue weighted by atomic mass is 10.00. The average Bonchev–Trinajstić information content (AvgIpc) is 2.85. The predicted octanol–water partition coefficient (Wildman–Crippen LogP) is 4.03. The van der Waals surface area contributed by atoms with Gasteiger partial charge >= 0.3 is 11.9 Å². The molecule has 0 saturated heterocycles. The molecule has 8 nitrogen and oxygen atoms in total. The summed E-state index contributed by atoms with van der Waals surface area (Å²) in [5.74, 6) is -3.38. The van der Waals surface area contributed by atoms with E-state index >= 15 is 0 Å². The molecular formula is C28H24N2O6. The Morgan fingerprint density at radius 1 is 0.500 bits per heavy atom. The van der Waals surface area contributed by atoms with Gasteiger partial charge in [0.1, 0.15) is 0 Å². The number of carbonyl (C=O) groups excluding carboxylic acids is 2. The van der Waals surface area contributed by atoms with E-state index in [1.54, 1.807) is 24.3 Å². The van der Waals surface area contributed by atoms with Gasteiger partial charge in [-0.3, -0.25) is 9.59 Å². The molecule has 3 aromatic rings.